The van der Waals surface area contributed by atoms with Gasteiger partial charge in [0.1, 0.15) is 0 Å². The number of fused-ring (bicyclic) bond motifs is 1. The maximum atomic E-state index is 4.36. The first-order valence-electron chi connectivity index (χ1n) is 5.75. The van der Waals surface area contributed by atoms with Crippen LogP contribution in [0.25, 0.3) is 11.1 Å². The molecule has 1 aromatic heterocycles. The molecule has 17 heavy (non-hydrogen) atoms. The molecule has 0 bridgehead atoms. The van der Waals surface area contributed by atoms with E-state index >= 15 is 0 Å². The third-order valence-electron chi connectivity index (χ3n) is 3.13. The van der Waals surface area contributed by atoms with Gasteiger partial charge >= 0.3 is 0 Å². The van der Waals surface area contributed by atoms with Crippen molar-refractivity contribution in [1.29, 1.82) is 0 Å². The van der Waals surface area contributed by atoms with Crippen LogP contribution in [0.2, 0.25) is 0 Å². The molecular weight excluding hydrogens is 206 g/mol. The van der Waals surface area contributed by atoms with Gasteiger partial charge in [0.15, 0.2) is 0 Å². The topological polar surface area (TPSA) is 12.9 Å². The average Bonchev–Trinajstić information content (AvgIpc) is 2.83. The van der Waals surface area contributed by atoms with Crippen molar-refractivity contribution in [3.8, 4) is 0 Å². The Morgan fingerprint density at radius 2 is 1.88 bits per heavy atom. The fourth-order valence-corrected chi connectivity index (χ4v) is 2.25. The Balaban J connectivity index is 2.01. The Morgan fingerprint density at radius 3 is 2.71 bits per heavy atom. The number of hydrogen-bond acceptors (Lipinski definition) is 1. The van der Waals surface area contributed by atoms with Gasteiger partial charge in [0, 0.05) is 11.8 Å². The highest BCUT2D eigenvalue weighted by atomic mass is 14.7. The van der Waals surface area contributed by atoms with Crippen molar-refractivity contribution in [1.82, 2.24) is 4.98 Å². The quantitative estimate of drug-likeness (QED) is 0.750. The molecule has 0 saturated carbocycles. The first-order valence-corrected chi connectivity index (χ1v) is 5.75. The summed E-state index contributed by atoms with van der Waals surface area (Å²) in [6, 6.07) is 14.4. The molecule has 0 fully saturated rings. The van der Waals surface area contributed by atoms with Gasteiger partial charge in [-0.3, -0.25) is 4.98 Å². The van der Waals surface area contributed by atoms with E-state index in [0.29, 0.717) is 0 Å². The molecule has 0 N–H and O–H groups in total. The predicted molar refractivity (Wildman–Crippen MR) is 71.4 cm³/mol. The lowest BCUT2D eigenvalue weighted by molar-refractivity contribution is 1.28. The second-order valence-electron chi connectivity index (χ2n) is 4.17. The molecular formula is C16H13N. The van der Waals surface area contributed by atoms with E-state index in [0.717, 1.165) is 17.7 Å². The van der Waals surface area contributed by atoms with Crippen LogP contribution in [0.5, 0.6) is 0 Å². The Hall–Kier alpha value is -2.15. The largest absolute Gasteiger partial charge is 0.256 e. The van der Waals surface area contributed by atoms with Gasteiger partial charge in [-0.05, 0) is 35.3 Å². The summed E-state index contributed by atoms with van der Waals surface area (Å²) in [5.41, 5.74) is 5.85. The van der Waals surface area contributed by atoms with Crippen LogP contribution in [0.4, 0.5) is 0 Å². The molecule has 0 saturated heterocycles. The molecule has 0 spiro atoms. The fraction of sp³-hybridized carbons (Fsp3) is 0.0625. The van der Waals surface area contributed by atoms with Crippen LogP contribution in [0.1, 0.15) is 16.8 Å². The summed E-state index contributed by atoms with van der Waals surface area (Å²) in [6.45, 7) is 4.18. The van der Waals surface area contributed by atoms with Crippen LogP contribution in [0, 0.1) is 0 Å². The summed E-state index contributed by atoms with van der Waals surface area (Å²) < 4.78 is 0. The van der Waals surface area contributed by atoms with E-state index in [4.69, 9.17) is 0 Å². The van der Waals surface area contributed by atoms with E-state index in [1.54, 1.807) is 0 Å². The van der Waals surface area contributed by atoms with Crippen LogP contribution in [-0.4, -0.2) is 4.98 Å². The van der Waals surface area contributed by atoms with Crippen molar-refractivity contribution in [2.24, 2.45) is 0 Å². The molecule has 1 heteroatoms. The first kappa shape index (κ1) is 10.0. The molecule has 0 radical (unpaired) electrons. The third kappa shape index (κ3) is 1.70. The third-order valence-corrected chi connectivity index (χ3v) is 3.13. The van der Waals surface area contributed by atoms with Crippen molar-refractivity contribution < 1.29 is 0 Å². The van der Waals surface area contributed by atoms with E-state index in [9.17, 15) is 0 Å². The Bertz CT molecular complexity index is 594. The zero-order chi connectivity index (χ0) is 11.7. The van der Waals surface area contributed by atoms with Crippen molar-refractivity contribution in [3.05, 3.63) is 78.1 Å². The van der Waals surface area contributed by atoms with Crippen LogP contribution < -0.4 is 0 Å². The van der Waals surface area contributed by atoms with Gasteiger partial charge in [0.05, 0.1) is 5.69 Å². The second kappa shape index (κ2) is 4.02. The zero-order valence-electron chi connectivity index (χ0n) is 9.56. The maximum absolute atomic E-state index is 4.36. The van der Waals surface area contributed by atoms with Crippen LogP contribution >= 0.6 is 0 Å². The Morgan fingerprint density at radius 1 is 1.06 bits per heavy atom. The van der Waals surface area contributed by atoms with Gasteiger partial charge in [0.2, 0.25) is 0 Å². The summed E-state index contributed by atoms with van der Waals surface area (Å²) >= 11 is 0. The Labute approximate surface area is 101 Å². The number of benzene rings is 1. The van der Waals surface area contributed by atoms with Gasteiger partial charge in [-0.2, -0.15) is 0 Å². The number of hydrogen-bond donors (Lipinski definition) is 0. The van der Waals surface area contributed by atoms with Gasteiger partial charge in [0.25, 0.3) is 0 Å². The van der Waals surface area contributed by atoms with Gasteiger partial charge in [-0.1, -0.05) is 43.0 Å². The summed E-state index contributed by atoms with van der Waals surface area (Å²) in [4.78, 5) is 4.36. The normalized spacial score (nSPS) is 13.1. The lowest BCUT2D eigenvalue weighted by Crippen LogP contribution is -1.90. The van der Waals surface area contributed by atoms with Crippen molar-refractivity contribution in [2.45, 2.75) is 6.42 Å². The smallest absolute Gasteiger partial charge is 0.0702 e. The molecule has 1 nitrogen and oxygen atoms in total. The number of nitrogens with zero attached hydrogens (tertiary/aromatic N) is 1. The number of rotatable bonds is 2. The van der Waals surface area contributed by atoms with Gasteiger partial charge < -0.3 is 0 Å². The summed E-state index contributed by atoms with van der Waals surface area (Å²) in [7, 11) is 0. The number of pyridine rings is 1. The molecule has 2 aromatic rings. The lowest BCUT2D eigenvalue weighted by Gasteiger charge is -2.08. The highest BCUT2D eigenvalue weighted by Gasteiger charge is 2.16. The molecule has 0 unspecified atom stereocenters. The summed E-state index contributed by atoms with van der Waals surface area (Å²) in [5.74, 6) is 0. The average molecular weight is 219 g/mol. The molecule has 1 heterocycles. The Kier molecular flexibility index (Phi) is 2.37. The monoisotopic (exact) mass is 219 g/mol. The molecule has 1 aromatic carbocycles. The standard InChI is InChI=1S/C16H13N/c1-12(16-8-4-5-11-17-16)14-10-9-13-6-2-3-7-15(13)14/h2-8,10-11H,1,9H2. The highest BCUT2D eigenvalue weighted by molar-refractivity contribution is 6.05. The molecule has 0 atom stereocenters. The van der Waals surface area contributed by atoms with Crippen LogP contribution in [0.3, 0.4) is 0 Å². The summed E-state index contributed by atoms with van der Waals surface area (Å²) in [5, 5.41) is 0. The van der Waals surface area contributed by atoms with Crippen molar-refractivity contribution in [2.75, 3.05) is 0 Å². The number of allylic oxidation sites excluding steroid dienone is 3. The minimum absolute atomic E-state index is 0.954. The predicted octanol–water partition coefficient (Wildman–Crippen LogP) is 3.73. The molecule has 1 aliphatic carbocycles. The minimum atomic E-state index is 0.954. The fourth-order valence-electron chi connectivity index (χ4n) is 2.25. The maximum Gasteiger partial charge on any atom is 0.0702 e. The highest BCUT2D eigenvalue weighted by Crippen LogP contribution is 2.35. The van der Waals surface area contributed by atoms with Gasteiger partial charge in [-0.25, -0.2) is 0 Å². The molecule has 0 aliphatic heterocycles. The summed E-state index contributed by atoms with van der Waals surface area (Å²) in [6.07, 6.45) is 5.04. The minimum Gasteiger partial charge on any atom is -0.256 e. The van der Waals surface area contributed by atoms with Gasteiger partial charge in [-0.15, -0.1) is 0 Å². The first-order chi connectivity index (χ1) is 8.36. The van der Waals surface area contributed by atoms with E-state index in [1.165, 1.54) is 16.7 Å². The number of aromatic nitrogens is 1. The molecule has 1 aliphatic rings. The zero-order valence-corrected chi connectivity index (χ0v) is 9.56. The van der Waals surface area contributed by atoms with E-state index in [-0.39, 0.29) is 0 Å². The van der Waals surface area contributed by atoms with E-state index in [2.05, 4.69) is 41.9 Å². The van der Waals surface area contributed by atoms with Crippen LogP contribution in [0.15, 0.2) is 61.3 Å². The van der Waals surface area contributed by atoms with E-state index in [1.807, 2.05) is 24.4 Å². The lowest BCUT2D eigenvalue weighted by atomic mass is 9.98. The molecule has 82 valence electrons. The molecule has 0 amide bonds. The van der Waals surface area contributed by atoms with Crippen molar-refractivity contribution in [3.63, 3.8) is 0 Å². The van der Waals surface area contributed by atoms with Crippen LogP contribution in [-0.2, 0) is 6.42 Å². The SMILES string of the molecule is C=C(C1=CCc2ccccc21)c1ccccn1. The second-order valence-corrected chi connectivity index (χ2v) is 4.17. The molecule has 3 rings (SSSR count). The van der Waals surface area contributed by atoms with E-state index < -0.39 is 0 Å². The van der Waals surface area contributed by atoms with Crippen molar-refractivity contribution >= 4 is 11.1 Å².